The van der Waals surface area contributed by atoms with Crippen molar-refractivity contribution in [1.29, 1.82) is 0 Å². The van der Waals surface area contributed by atoms with E-state index in [-0.39, 0.29) is 51.9 Å². The molecule has 59 heavy (non-hydrogen) atoms. The molecule has 0 saturated heterocycles. The Morgan fingerprint density at radius 1 is 0.814 bits per heavy atom. The monoisotopic (exact) mass is 879 g/mol. The Hall–Kier alpha value is -2.94. The van der Waals surface area contributed by atoms with Crippen LogP contribution in [0, 0.1) is 0 Å². The van der Waals surface area contributed by atoms with E-state index in [4.69, 9.17) is 12.2 Å². The number of para-hydroxylation sites is 2. The number of thiocarbonyl (C=S) groups is 1. The summed E-state index contributed by atoms with van der Waals surface area (Å²) in [5.41, 5.74) is 9.34. The molecule has 2 aliphatic heterocycles. The third-order valence-corrected chi connectivity index (χ3v) is 14.1. The molecule has 0 atom stereocenters. The molecule has 0 unspecified atom stereocenters. The minimum Gasteiger partial charge on any atom is -0.748 e. The first-order valence-electron chi connectivity index (χ1n) is 19.7. The minimum atomic E-state index is -4.28. The number of isothiocyanates is 1. The number of hydrogen-bond donors (Lipinski definition) is 0. The second kappa shape index (κ2) is 19.8. The van der Waals surface area contributed by atoms with E-state index >= 15 is 0 Å². The first-order valence-corrected chi connectivity index (χ1v) is 24.0. The number of anilines is 1. The topological polar surface area (TPSA) is 133 Å². The van der Waals surface area contributed by atoms with Gasteiger partial charge >= 0.3 is 29.6 Å². The number of thioether (sulfide) groups is 1. The van der Waals surface area contributed by atoms with Crippen LogP contribution in [0.1, 0.15) is 83.8 Å². The van der Waals surface area contributed by atoms with Gasteiger partial charge in [-0.05, 0) is 118 Å². The molecule has 0 fully saturated rings. The molecule has 2 heterocycles. The molecular weight excluding hydrogens is 830 g/mol. The van der Waals surface area contributed by atoms with Crippen LogP contribution in [0.5, 0.6) is 0 Å². The molecule has 0 bridgehead atoms. The standard InChI is InChI=1S/C45H51N3O6S4.Na/c1-44(2)37-16-5-7-18-39(37)47(28-9-11-30-57(49,50)51)41(44)26-20-33-14-13-15-34(43(33)56-36-24-22-35(23-25-36)46-32-55)21-27-42-45(3,4)38-17-6-8-19-40(38)48(42)29-10-12-31-58(52,53)54;/h5-8,16-27H,9-15,28-31H2,1-4H3,(H-,49,50,51,52,53,54);/q;+1/p-1. The first kappa shape index (κ1) is 47.1. The molecule has 0 saturated carbocycles. The number of fused-ring (bicyclic) bond motifs is 2. The molecule has 3 aromatic carbocycles. The van der Waals surface area contributed by atoms with Gasteiger partial charge in [-0.3, -0.25) is 0 Å². The summed E-state index contributed by atoms with van der Waals surface area (Å²) in [6.07, 6.45) is 13.4. The third-order valence-electron chi connectivity index (χ3n) is 11.2. The van der Waals surface area contributed by atoms with Gasteiger partial charge in [-0.2, -0.15) is 9.57 Å². The van der Waals surface area contributed by atoms with Crippen LogP contribution >= 0.6 is 24.0 Å². The van der Waals surface area contributed by atoms with E-state index in [0.29, 0.717) is 38.8 Å². The van der Waals surface area contributed by atoms with Gasteiger partial charge in [-0.1, -0.05) is 74.2 Å². The Balaban J connectivity index is 0.00000661. The zero-order valence-corrected chi connectivity index (χ0v) is 39.7. The fourth-order valence-corrected chi connectivity index (χ4v) is 10.7. The second-order valence-electron chi connectivity index (χ2n) is 16.0. The quantitative estimate of drug-likeness (QED) is 0.0379. The van der Waals surface area contributed by atoms with Crippen molar-refractivity contribution in [2.45, 2.75) is 88.4 Å². The summed E-state index contributed by atoms with van der Waals surface area (Å²) in [5, 5.41) is 2.44. The van der Waals surface area contributed by atoms with Gasteiger partial charge in [0.05, 0.1) is 36.5 Å². The van der Waals surface area contributed by atoms with Gasteiger partial charge in [0, 0.05) is 68.8 Å². The number of nitrogens with zero attached hydrogens (tertiary/aromatic N) is 3. The van der Waals surface area contributed by atoms with Crippen LogP contribution in [-0.2, 0) is 31.1 Å². The van der Waals surface area contributed by atoms with Crippen LogP contribution in [0.3, 0.4) is 0 Å². The maximum Gasteiger partial charge on any atom is 1.00 e. The molecule has 3 aliphatic rings. The van der Waals surface area contributed by atoms with Crippen molar-refractivity contribution < 1.29 is 60.1 Å². The number of rotatable bonds is 16. The Labute approximate surface area is 382 Å². The number of aliphatic imine (C=N–C) groups is 1. The van der Waals surface area contributed by atoms with Crippen LogP contribution in [0.4, 0.5) is 17.1 Å². The maximum atomic E-state index is 11.4. The van der Waals surface area contributed by atoms with Crippen molar-refractivity contribution in [3.8, 4) is 0 Å². The predicted molar refractivity (Wildman–Crippen MR) is 237 cm³/mol. The number of unbranched alkanes of at least 4 members (excludes halogenated alkanes) is 2. The summed E-state index contributed by atoms with van der Waals surface area (Å²) >= 11 is 6.55. The maximum absolute atomic E-state index is 11.4. The summed E-state index contributed by atoms with van der Waals surface area (Å²) in [6, 6.07) is 24.6. The third kappa shape index (κ3) is 11.5. The molecule has 3 aromatic rings. The molecule has 0 radical (unpaired) electrons. The smallest absolute Gasteiger partial charge is 0.748 e. The van der Waals surface area contributed by atoms with E-state index in [9.17, 15) is 25.9 Å². The molecular formula is C45H50N3NaO6S4. The Morgan fingerprint density at radius 2 is 1.46 bits per heavy atom. The van der Waals surface area contributed by atoms with E-state index in [1.165, 1.54) is 27.2 Å². The van der Waals surface area contributed by atoms with Gasteiger partial charge < -0.3 is 14.0 Å². The molecule has 14 heteroatoms. The SMILES string of the molecule is CC1(C)C(/C=C/C2=C(Sc3ccc(N=C=S)cc3)C(=C/C=C3\N(CCCCS(=O)(=O)[O-])c4ccccc4C3(C)C)/CCC2)=[N+](CCCCS(=O)(=O)[O-])c2ccccc21.[Na+]. The summed E-state index contributed by atoms with van der Waals surface area (Å²) in [5.74, 6) is -0.747. The molecule has 0 N–H and O–H groups in total. The zero-order chi connectivity index (χ0) is 41.7. The van der Waals surface area contributed by atoms with E-state index in [2.05, 4.69) is 95.9 Å². The van der Waals surface area contributed by atoms with Gasteiger partial charge in [0.2, 0.25) is 5.69 Å². The summed E-state index contributed by atoms with van der Waals surface area (Å²) in [4.78, 5) is 8.64. The fraction of sp³-hybridized carbons (Fsp3) is 0.378. The van der Waals surface area contributed by atoms with Crippen molar-refractivity contribution in [1.82, 2.24) is 0 Å². The molecule has 9 nitrogen and oxygen atoms in total. The molecule has 0 aromatic heterocycles. The first-order chi connectivity index (χ1) is 27.5. The van der Waals surface area contributed by atoms with Crippen LogP contribution in [0.2, 0.25) is 0 Å². The normalized spacial score (nSPS) is 18.6. The summed E-state index contributed by atoms with van der Waals surface area (Å²) < 4.78 is 70.5. The van der Waals surface area contributed by atoms with E-state index in [1.807, 2.05) is 48.5 Å². The van der Waals surface area contributed by atoms with Crippen molar-refractivity contribution in [3.63, 3.8) is 0 Å². The van der Waals surface area contributed by atoms with Gasteiger partial charge in [0.15, 0.2) is 5.71 Å². The predicted octanol–water partition coefficient (Wildman–Crippen LogP) is 6.85. The molecule has 6 rings (SSSR count). The Bertz CT molecular complexity index is 2480. The van der Waals surface area contributed by atoms with Crippen molar-refractivity contribution in [3.05, 3.63) is 130 Å². The second-order valence-corrected chi connectivity index (χ2v) is 20.3. The summed E-state index contributed by atoms with van der Waals surface area (Å²) in [6.45, 7) is 10.0. The van der Waals surface area contributed by atoms with Crippen molar-refractivity contribution >= 4 is 72.2 Å². The van der Waals surface area contributed by atoms with Crippen LogP contribution in [-0.4, -0.2) is 66.0 Å². The molecule has 306 valence electrons. The average molecular weight is 880 g/mol. The van der Waals surface area contributed by atoms with Gasteiger partial charge in [-0.25, -0.2) is 16.8 Å². The van der Waals surface area contributed by atoms with E-state index in [1.54, 1.807) is 11.8 Å². The Morgan fingerprint density at radius 3 is 2.14 bits per heavy atom. The minimum absolute atomic E-state index is 0. The van der Waals surface area contributed by atoms with Gasteiger partial charge in [-0.15, -0.1) is 0 Å². The fourth-order valence-electron chi connectivity index (χ4n) is 8.33. The van der Waals surface area contributed by atoms with Gasteiger partial charge in [0.1, 0.15) is 6.54 Å². The average Bonchev–Trinajstić information content (AvgIpc) is 3.52. The number of benzene rings is 3. The number of hydrogen-bond acceptors (Lipinski definition) is 10. The van der Waals surface area contributed by atoms with Crippen LogP contribution in [0.25, 0.3) is 0 Å². The zero-order valence-electron chi connectivity index (χ0n) is 34.4. The summed E-state index contributed by atoms with van der Waals surface area (Å²) in [7, 11) is -8.56. The van der Waals surface area contributed by atoms with Crippen LogP contribution in [0.15, 0.2) is 129 Å². The molecule has 0 spiro atoms. The molecule has 0 amide bonds. The van der Waals surface area contributed by atoms with Crippen molar-refractivity contribution in [2.75, 3.05) is 29.5 Å². The van der Waals surface area contributed by atoms with E-state index < -0.39 is 20.2 Å². The molecule has 1 aliphatic carbocycles. The van der Waals surface area contributed by atoms with Crippen molar-refractivity contribution in [2.24, 2.45) is 4.99 Å². The number of allylic oxidation sites excluding steroid dienone is 7. The van der Waals surface area contributed by atoms with E-state index in [0.717, 1.165) is 52.6 Å². The van der Waals surface area contributed by atoms with Gasteiger partial charge in [0.25, 0.3) is 0 Å². The Kier molecular flexibility index (Phi) is 15.8. The largest absolute Gasteiger partial charge is 1.00 e. The van der Waals surface area contributed by atoms with Crippen LogP contribution < -0.4 is 34.5 Å².